The highest BCUT2D eigenvalue weighted by Crippen LogP contribution is 2.21. The van der Waals surface area contributed by atoms with Crippen LogP contribution in [0.2, 0.25) is 0 Å². The summed E-state index contributed by atoms with van der Waals surface area (Å²) in [6.45, 7) is 6.79. The van der Waals surface area contributed by atoms with E-state index in [9.17, 15) is 0 Å². The van der Waals surface area contributed by atoms with E-state index in [1.165, 1.54) is 0 Å². The standard InChI is InChI=1S/C16H23N3O2/c1-16(2,3)10-12(17)9-15-18-14(19-21-15)11-20-13-7-5-4-6-8-13/h4-8,12H,9-11,17H2,1-3H3. The van der Waals surface area contributed by atoms with E-state index >= 15 is 0 Å². The van der Waals surface area contributed by atoms with Gasteiger partial charge in [0.1, 0.15) is 5.75 Å². The third kappa shape index (κ3) is 5.55. The van der Waals surface area contributed by atoms with Crippen molar-refractivity contribution in [2.75, 3.05) is 0 Å². The Hall–Kier alpha value is -1.88. The summed E-state index contributed by atoms with van der Waals surface area (Å²) in [4.78, 5) is 4.31. The molecule has 0 bridgehead atoms. The summed E-state index contributed by atoms with van der Waals surface area (Å²) in [5.41, 5.74) is 6.30. The first-order chi connectivity index (χ1) is 9.92. The van der Waals surface area contributed by atoms with E-state index in [0.717, 1.165) is 12.2 Å². The van der Waals surface area contributed by atoms with Crippen molar-refractivity contribution in [2.45, 2.75) is 46.3 Å². The van der Waals surface area contributed by atoms with Gasteiger partial charge in [-0.15, -0.1) is 0 Å². The first kappa shape index (κ1) is 15.5. The molecule has 1 atom stereocenters. The summed E-state index contributed by atoms with van der Waals surface area (Å²) in [7, 11) is 0. The molecule has 0 spiro atoms. The smallest absolute Gasteiger partial charge is 0.228 e. The van der Waals surface area contributed by atoms with E-state index in [4.69, 9.17) is 15.0 Å². The van der Waals surface area contributed by atoms with Gasteiger partial charge in [0.25, 0.3) is 0 Å². The van der Waals surface area contributed by atoms with Gasteiger partial charge in [0, 0.05) is 12.5 Å². The SMILES string of the molecule is CC(C)(C)CC(N)Cc1nc(COc2ccccc2)no1. The molecule has 0 saturated heterocycles. The van der Waals surface area contributed by atoms with Crippen LogP contribution >= 0.6 is 0 Å². The molecule has 0 aliphatic carbocycles. The van der Waals surface area contributed by atoms with Gasteiger partial charge in [0.2, 0.25) is 11.7 Å². The van der Waals surface area contributed by atoms with Crippen LogP contribution in [0.15, 0.2) is 34.9 Å². The van der Waals surface area contributed by atoms with Crippen LogP contribution in [0.3, 0.4) is 0 Å². The van der Waals surface area contributed by atoms with Crippen LogP contribution in [-0.2, 0) is 13.0 Å². The Bertz CT molecular complexity index is 546. The summed E-state index contributed by atoms with van der Waals surface area (Å²) in [6, 6.07) is 9.58. The third-order valence-corrected chi connectivity index (χ3v) is 2.93. The molecule has 1 aromatic heterocycles. The van der Waals surface area contributed by atoms with Crippen molar-refractivity contribution in [1.82, 2.24) is 10.1 Å². The van der Waals surface area contributed by atoms with Gasteiger partial charge in [-0.3, -0.25) is 0 Å². The van der Waals surface area contributed by atoms with Crippen LogP contribution < -0.4 is 10.5 Å². The molecule has 0 radical (unpaired) electrons. The summed E-state index contributed by atoms with van der Waals surface area (Å²) in [5, 5.41) is 3.91. The summed E-state index contributed by atoms with van der Waals surface area (Å²) < 4.78 is 10.8. The number of para-hydroxylation sites is 1. The monoisotopic (exact) mass is 289 g/mol. The van der Waals surface area contributed by atoms with Crippen molar-refractivity contribution in [2.24, 2.45) is 11.1 Å². The molecule has 1 heterocycles. The second-order valence-electron chi connectivity index (χ2n) is 6.44. The number of hydrogen-bond donors (Lipinski definition) is 1. The highest BCUT2D eigenvalue weighted by Gasteiger charge is 2.18. The normalized spacial score (nSPS) is 13.1. The van der Waals surface area contributed by atoms with Crippen molar-refractivity contribution in [1.29, 1.82) is 0 Å². The van der Waals surface area contributed by atoms with Crippen molar-refractivity contribution in [3.05, 3.63) is 42.0 Å². The number of nitrogens with two attached hydrogens (primary N) is 1. The van der Waals surface area contributed by atoms with Gasteiger partial charge in [-0.1, -0.05) is 44.1 Å². The zero-order valence-electron chi connectivity index (χ0n) is 12.9. The zero-order valence-corrected chi connectivity index (χ0v) is 12.9. The number of rotatable bonds is 6. The van der Waals surface area contributed by atoms with E-state index in [2.05, 4.69) is 30.9 Å². The molecule has 2 rings (SSSR count). The van der Waals surface area contributed by atoms with Gasteiger partial charge in [-0.25, -0.2) is 0 Å². The van der Waals surface area contributed by atoms with E-state index < -0.39 is 0 Å². The van der Waals surface area contributed by atoms with Gasteiger partial charge in [-0.05, 0) is 24.0 Å². The Morgan fingerprint density at radius 3 is 2.62 bits per heavy atom. The lowest BCUT2D eigenvalue weighted by molar-refractivity contribution is 0.283. The molecule has 1 unspecified atom stereocenters. The van der Waals surface area contributed by atoms with E-state index in [1.54, 1.807) is 0 Å². The predicted octanol–water partition coefficient (Wildman–Crippen LogP) is 2.95. The summed E-state index contributed by atoms with van der Waals surface area (Å²) in [5.74, 6) is 1.89. The van der Waals surface area contributed by atoms with Crippen molar-refractivity contribution >= 4 is 0 Å². The molecule has 0 aliphatic heterocycles. The Morgan fingerprint density at radius 2 is 1.95 bits per heavy atom. The van der Waals surface area contributed by atoms with E-state index in [0.29, 0.717) is 24.7 Å². The Morgan fingerprint density at radius 1 is 1.24 bits per heavy atom. The molecule has 5 heteroatoms. The molecule has 0 saturated carbocycles. The fraction of sp³-hybridized carbons (Fsp3) is 0.500. The molecule has 2 aromatic rings. The Labute approximate surface area is 125 Å². The van der Waals surface area contributed by atoms with Crippen molar-refractivity contribution < 1.29 is 9.26 Å². The third-order valence-electron chi connectivity index (χ3n) is 2.93. The molecule has 1 aromatic carbocycles. The second-order valence-corrected chi connectivity index (χ2v) is 6.44. The maximum atomic E-state index is 6.11. The number of nitrogens with zero attached hydrogens (tertiary/aromatic N) is 2. The quantitative estimate of drug-likeness (QED) is 0.885. The lowest BCUT2D eigenvalue weighted by Gasteiger charge is -2.21. The van der Waals surface area contributed by atoms with E-state index in [1.807, 2.05) is 30.3 Å². The zero-order chi connectivity index (χ0) is 15.3. The molecular weight excluding hydrogens is 266 g/mol. The van der Waals surface area contributed by atoms with Crippen LogP contribution in [0.5, 0.6) is 5.75 Å². The second kappa shape index (κ2) is 6.72. The Kier molecular flexibility index (Phi) is 4.96. The topological polar surface area (TPSA) is 74.2 Å². The fourth-order valence-electron chi connectivity index (χ4n) is 2.18. The average molecular weight is 289 g/mol. The first-order valence-corrected chi connectivity index (χ1v) is 7.17. The van der Waals surface area contributed by atoms with Crippen LogP contribution in [0.25, 0.3) is 0 Å². The minimum Gasteiger partial charge on any atom is -0.485 e. The van der Waals surface area contributed by atoms with Crippen LogP contribution in [0, 0.1) is 5.41 Å². The molecule has 0 fully saturated rings. The van der Waals surface area contributed by atoms with Gasteiger partial charge < -0.3 is 15.0 Å². The van der Waals surface area contributed by atoms with Gasteiger partial charge in [0.15, 0.2) is 6.61 Å². The molecule has 114 valence electrons. The van der Waals surface area contributed by atoms with Crippen LogP contribution in [-0.4, -0.2) is 16.2 Å². The first-order valence-electron chi connectivity index (χ1n) is 7.17. The fourth-order valence-corrected chi connectivity index (χ4v) is 2.18. The molecule has 0 aliphatic rings. The van der Waals surface area contributed by atoms with Crippen LogP contribution in [0.1, 0.15) is 38.9 Å². The summed E-state index contributed by atoms with van der Waals surface area (Å²) >= 11 is 0. The highest BCUT2D eigenvalue weighted by atomic mass is 16.5. The van der Waals surface area contributed by atoms with Gasteiger partial charge in [0.05, 0.1) is 0 Å². The van der Waals surface area contributed by atoms with Gasteiger partial charge >= 0.3 is 0 Å². The van der Waals surface area contributed by atoms with Crippen molar-refractivity contribution in [3.8, 4) is 5.75 Å². The van der Waals surface area contributed by atoms with Crippen molar-refractivity contribution in [3.63, 3.8) is 0 Å². The summed E-state index contributed by atoms with van der Waals surface area (Å²) in [6.07, 6.45) is 1.50. The maximum Gasteiger partial charge on any atom is 0.228 e. The number of benzene rings is 1. The predicted molar refractivity (Wildman–Crippen MR) is 80.8 cm³/mol. The molecular formula is C16H23N3O2. The number of ether oxygens (including phenoxy) is 1. The number of aromatic nitrogens is 2. The highest BCUT2D eigenvalue weighted by molar-refractivity contribution is 5.20. The van der Waals surface area contributed by atoms with Gasteiger partial charge in [-0.2, -0.15) is 4.98 Å². The lowest BCUT2D eigenvalue weighted by Crippen LogP contribution is -2.28. The maximum absolute atomic E-state index is 6.11. The van der Waals surface area contributed by atoms with Crippen LogP contribution in [0.4, 0.5) is 0 Å². The molecule has 2 N–H and O–H groups in total. The lowest BCUT2D eigenvalue weighted by atomic mass is 9.87. The average Bonchev–Trinajstić information content (AvgIpc) is 2.83. The van der Waals surface area contributed by atoms with E-state index in [-0.39, 0.29) is 11.5 Å². The number of hydrogen-bond acceptors (Lipinski definition) is 5. The molecule has 5 nitrogen and oxygen atoms in total. The molecule has 21 heavy (non-hydrogen) atoms. The Balaban J connectivity index is 1.84. The minimum atomic E-state index is 0.0216. The minimum absolute atomic E-state index is 0.0216. The molecule has 0 amide bonds. The largest absolute Gasteiger partial charge is 0.485 e.